The van der Waals surface area contributed by atoms with Crippen LogP contribution in [-0.4, -0.2) is 60.3 Å². The number of likely N-dealkylation sites (tertiary alicyclic amines) is 1. The normalized spacial score (nSPS) is 22.6. The van der Waals surface area contributed by atoms with Crippen LogP contribution in [0.2, 0.25) is 5.02 Å². The van der Waals surface area contributed by atoms with Crippen LogP contribution in [0, 0.1) is 5.82 Å². The molecule has 1 spiro atoms. The van der Waals surface area contributed by atoms with Crippen molar-refractivity contribution in [2.24, 2.45) is 0 Å². The average molecular weight is 498 g/mol. The quantitative estimate of drug-likeness (QED) is 0.449. The van der Waals surface area contributed by atoms with Crippen molar-refractivity contribution in [3.05, 3.63) is 64.4 Å². The largest absolute Gasteiger partial charge is 0.416 e. The summed E-state index contributed by atoms with van der Waals surface area (Å²) in [6.45, 7) is 2.40. The predicted octanol–water partition coefficient (Wildman–Crippen LogP) is 4.54. The molecule has 0 radical (unpaired) electrons. The Morgan fingerprint density at radius 2 is 1.76 bits per heavy atom. The lowest BCUT2D eigenvalue weighted by molar-refractivity contribution is -0.138. The number of alkyl halides is 3. The maximum atomic E-state index is 13.6. The molecule has 0 aromatic heterocycles. The average Bonchev–Trinajstić information content (AvgIpc) is 3.58. The van der Waals surface area contributed by atoms with Gasteiger partial charge in [0.15, 0.2) is 0 Å². The van der Waals surface area contributed by atoms with E-state index >= 15 is 0 Å². The molecule has 2 aromatic carbocycles. The Hall–Kier alpha value is -2.36. The molecule has 1 amide bonds. The van der Waals surface area contributed by atoms with Gasteiger partial charge >= 0.3 is 6.18 Å². The van der Waals surface area contributed by atoms with Gasteiger partial charge in [0.25, 0.3) is 0 Å². The number of epoxide rings is 1. The summed E-state index contributed by atoms with van der Waals surface area (Å²) in [5, 5.41) is 0.0793. The molecule has 0 aliphatic carbocycles. The number of halogens is 5. The van der Waals surface area contributed by atoms with E-state index in [9.17, 15) is 22.4 Å². The minimum Gasteiger partial charge on any atom is -0.371 e. The Kier molecular flexibility index (Phi) is 5.98. The molecule has 3 fully saturated rings. The number of amides is 1. The van der Waals surface area contributed by atoms with Crippen molar-refractivity contribution in [1.82, 2.24) is 9.80 Å². The first-order valence-corrected chi connectivity index (χ1v) is 11.6. The molecule has 34 heavy (non-hydrogen) atoms. The van der Waals surface area contributed by atoms with Crippen LogP contribution >= 0.6 is 11.6 Å². The maximum absolute atomic E-state index is 13.6. The van der Waals surface area contributed by atoms with Gasteiger partial charge in [-0.15, -0.1) is 0 Å². The molecule has 5 rings (SSSR count). The molecule has 3 aliphatic rings. The maximum Gasteiger partial charge on any atom is 0.416 e. The molecular formula is C24H24ClF4N3O2. The second-order valence-electron chi connectivity index (χ2n) is 9.10. The van der Waals surface area contributed by atoms with Gasteiger partial charge in [-0.3, -0.25) is 9.69 Å². The van der Waals surface area contributed by atoms with E-state index in [1.54, 1.807) is 17.0 Å². The molecule has 3 heterocycles. The van der Waals surface area contributed by atoms with Crippen LogP contribution in [0.4, 0.5) is 23.2 Å². The first-order chi connectivity index (χ1) is 16.2. The Morgan fingerprint density at radius 3 is 2.38 bits per heavy atom. The topological polar surface area (TPSA) is 39.3 Å². The number of anilines is 1. The van der Waals surface area contributed by atoms with E-state index in [2.05, 4.69) is 0 Å². The fourth-order valence-corrected chi connectivity index (χ4v) is 5.30. The van der Waals surface area contributed by atoms with Gasteiger partial charge in [-0.1, -0.05) is 17.7 Å². The SMILES string of the molecule is O=C1N(CC2CO2)CN(c2ccc(F)cc2)C12CCN(Cc1c(Cl)cccc1C(F)(F)F)CC2. The van der Waals surface area contributed by atoms with E-state index in [1.165, 1.54) is 24.3 Å². The first-order valence-electron chi connectivity index (χ1n) is 11.2. The van der Waals surface area contributed by atoms with E-state index in [1.807, 2.05) is 9.80 Å². The van der Waals surface area contributed by atoms with E-state index < -0.39 is 17.3 Å². The minimum atomic E-state index is -4.50. The van der Waals surface area contributed by atoms with Gasteiger partial charge in [0, 0.05) is 30.3 Å². The molecule has 2 aromatic rings. The third-order valence-electron chi connectivity index (χ3n) is 6.97. The molecule has 1 unspecified atom stereocenters. The number of hydrogen-bond donors (Lipinski definition) is 0. The molecule has 10 heteroatoms. The predicted molar refractivity (Wildman–Crippen MR) is 119 cm³/mol. The van der Waals surface area contributed by atoms with Crippen LogP contribution < -0.4 is 4.90 Å². The van der Waals surface area contributed by atoms with Crippen molar-refractivity contribution in [3.63, 3.8) is 0 Å². The second kappa shape index (κ2) is 8.70. The summed E-state index contributed by atoms with van der Waals surface area (Å²) < 4.78 is 59.4. The molecular weight excluding hydrogens is 474 g/mol. The molecule has 3 aliphatic heterocycles. The monoisotopic (exact) mass is 497 g/mol. The molecule has 182 valence electrons. The van der Waals surface area contributed by atoms with Gasteiger partial charge in [-0.25, -0.2) is 4.39 Å². The lowest BCUT2D eigenvalue weighted by atomic mass is 9.85. The highest BCUT2D eigenvalue weighted by atomic mass is 35.5. The Bertz CT molecular complexity index is 1070. The van der Waals surface area contributed by atoms with E-state index in [0.717, 1.165) is 11.8 Å². The van der Waals surface area contributed by atoms with Crippen molar-refractivity contribution in [2.45, 2.75) is 37.2 Å². The van der Waals surface area contributed by atoms with Gasteiger partial charge in [0.2, 0.25) is 5.91 Å². The van der Waals surface area contributed by atoms with Crippen LogP contribution in [0.25, 0.3) is 0 Å². The number of hydrogen-bond acceptors (Lipinski definition) is 4. The fraction of sp³-hybridized carbons (Fsp3) is 0.458. The van der Waals surface area contributed by atoms with Crippen molar-refractivity contribution < 1.29 is 27.1 Å². The highest BCUT2D eigenvalue weighted by molar-refractivity contribution is 6.31. The summed E-state index contributed by atoms with van der Waals surface area (Å²) in [6.07, 6.45) is -3.58. The molecule has 5 nitrogen and oxygen atoms in total. The first kappa shape index (κ1) is 23.4. The van der Waals surface area contributed by atoms with E-state index in [-0.39, 0.29) is 35.0 Å². The summed E-state index contributed by atoms with van der Waals surface area (Å²) in [5.74, 6) is -0.373. The number of carbonyl (C=O) groups is 1. The zero-order valence-electron chi connectivity index (χ0n) is 18.3. The van der Waals surface area contributed by atoms with Crippen LogP contribution in [-0.2, 0) is 22.3 Å². The Labute approximate surface area is 199 Å². The van der Waals surface area contributed by atoms with Crippen LogP contribution in [0.5, 0.6) is 0 Å². The standard InChI is InChI=1S/C24H24ClF4N3O2/c25-21-3-1-2-20(24(27,28)29)19(21)13-30-10-8-23(9-11-30)22(33)31(12-18-14-34-18)15-32(23)17-6-4-16(26)5-7-17/h1-7,18H,8-15H2. The molecule has 0 N–H and O–H groups in total. The van der Waals surface area contributed by atoms with Gasteiger partial charge in [-0.05, 0) is 54.8 Å². The summed E-state index contributed by atoms with van der Waals surface area (Å²) in [4.78, 5) is 19.2. The number of rotatable bonds is 5. The highest BCUT2D eigenvalue weighted by Gasteiger charge is 2.54. The molecule has 0 bridgehead atoms. The Morgan fingerprint density at radius 1 is 1.09 bits per heavy atom. The third kappa shape index (κ3) is 4.36. The van der Waals surface area contributed by atoms with Crippen molar-refractivity contribution in [3.8, 4) is 0 Å². The number of nitrogens with zero attached hydrogens (tertiary/aromatic N) is 3. The Balaban J connectivity index is 1.37. The van der Waals surface area contributed by atoms with Crippen molar-refractivity contribution in [1.29, 1.82) is 0 Å². The van der Waals surface area contributed by atoms with Crippen LogP contribution in [0.1, 0.15) is 24.0 Å². The van der Waals surface area contributed by atoms with Crippen molar-refractivity contribution >= 4 is 23.2 Å². The lowest BCUT2D eigenvalue weighted by Gasteiger charge is -2.43. The molecule has 1 atom stereocenters. The summed E-state index contributed by atoms with van der Waals surface area (Å²) in [7, 11) is 0. The smallest absolute Gasteiger partial charge is 0.371 e. The van der Waals surface area contributed by atoms with Gasteiger partial charge in [0.1, 0.15) is 11.4 Å². The van der Waals surface area contributed by atoms with E-state index in [4.69, 9.17) is 16.3 Å². The van der Waals surface area contributed by atoms with Gasteiger partial charge in [-0.2, -0.15) is 13.2 Å². The van der Waals surface area contributed by atoms with Crippen LogP contribution in [0.15, 0.2) is 42.5 Å². The third-order valence-corrected chi connectivity index (χ3v) is 7.32. The summed E-state index contributed by atoms with van der Waals surface area (Å²) in [5.41, 5.74) is -0.766. The number of piperidine rings is 1. The summed E-state index contributed by atoms with van der Waals surface area (Å²) in [6, 6.07) is 9.86. The zero-order chi connectivity index (χ0) is 24.1. The molecule has 3 saturated heterocycles. The van der Waals surface area contributed by atoms with Crippen LogP contribution in [0.3, 0.4) is 0 Å². The van der Waals surface area contributed by atoms with Gasteiger partial charge < -0.3 is 14.5 Å². The highest BCUT2D eigenvalue weighted by Crippen LogP contribution is 2.41. The van der Waals surface area contributed by atoms with Crippen molar-refractivity contribution in [2.75, 3.05) is 37.8 Å². The van der Waals surface area contributed by atoms with E-state index in [0.29, 0.717) is 45.8 Å². The number of benzene rings is 2. The fourth-order valence-electron chi connectivity index (χ4n) is 5.06. The zero-order valence-corrected chi connectivity index (χ0v) is 19.1. The number of carbonyl (C=O) groups excluding carboxylic acids is 1. The minimum absolute atomic E-state index is 0.0132. The molecule has 0 saturated carbocycles. The summed E-state index contributed by atoms with van der Waals surface area (Å²) >= 11 is 6.15. The second-order valence-corrected chi connectivity index (χ2v) is 9.51. The van der Waals surface area contributed by atoms with Gasteiger partial charge in [0.05, 0.1) is 31.5 Å². The lowest BCUT2D eigenvalue weighted by Crippen LogP contribution is -2.56. The number of ether oxygens (including phenoxy) is 1.